The van der Waals surface area contributed by atoms with E-state index in [-0.39, 0.29) is 5.91 Å². The van der Waals surface area contributed by atoms with Gasteiger partial charge in [0, 0.05) is 10.9 Å². The molecule has 1 aromatic carbocycles. The molecule has 0 fully saturated rings. The minimum Gasteiger partial charge on any atom is -0.330 e. The van der Waals surface area contributed by atoms with Gasteiger partial charge in [0.15, 0.2) is 0 Å². The topological polar surface area (TPSA) is 55.1 Å². The lowest BCUT2D eigenvalue weighted by atomic mass is 10.2. The highest BCUT2D eigenvalue weighted by molar-refractivity contribution is 9.10. The van der Waals surface area contributed by atoms with Gasteiger partial charge in [-0.2, -0.15) is 0 Å². The van der Waals surface area contributed by atoms with Crippen molar-refractivity contribution in [1.29, 1.82) is 0 Å². The van der Waals surface area contributed by atoms with Gasteiger partial charge in [0.05, 0.1) is 15.7 Å². The SMILES string of the molecule is NCCCC(=O)Nc1ccc(Br)c(Cl)c1Cl. The first-order valence-electron chi connectivity index (χ1n) is 4.69. The van der Waals surface area contributed by atoms with Crippen molar-refractivity contribution in [3.63, 3.8) is 0 Å². The second-order valence-corrected chi connectivity index (χ2v) is 4.77. The second kappa shape index (κ2) is 6.45. The summed E-state index contributed by atoms with van der Waals surface area (Å²) in [6.07, 6.45) is 1.02. The van der Waals surface area contributed by atoms with Crippen molar-refractivity contribution in [3.8, 4) is 0 Å². The van der Waals surface area contributed by atoms with E-state index in [0.29, 0.717) is 39.6 Å². The number of hydrogen-bond donors (Lipinski definition) is 2. The zero-order valence-electron chi connectivity index (χ0n) is 8.40. The molecule has 0 spiro atoms. The van der Waals surface area contributed by atoms with Crippen LogP contribution in [0.1, 0.15) is 12.8 Å². The van der Waals surface area contributed by atoms with Crippen LogP contribution in [-0.4, -0.2) is 12.5 Å². The number of benzene rings is 1. The molecule has 88 valence electrons. The van der Waals surface area contributed by atoms with Gasteiger partial charge in [-0.3, -0.25) is 4.79 Å². The number of rotatable bonds is 4. The Morgan fingerprint density at radius 2 is 2.06 bits per heavy atom. The molecule has 0 saturated carbocycles. The van der Waals surface area contributed by atoms with Gasteiger partial charge in [-0.15, -0.1) is 0 Å². The van der Waals surface area contributed by atoms with Crippen LogP contribution in [0.2, 0.25) is 10.0 Å². The van der Waals surface area contributed by atoms with Gasteiger partial charge >= 0.3 is 0 Å². The van der Waals surface area contributed by atoms with Gasteiger partial charge in [-0.05, 0) is 41.0 Å². The van der Waals surface area contributed by atoms with Crippen molar-refractivity contribution in [2.45, 2.75) is 12.8 Å². The highest BCUT2D eigenvalue weighted by atomic mass is 79.9. The van der Waals surface area contributed by atoms with Crippen molar-refractivity contribution >= 4 is 50.7 Å². The van der Waals surface area contributed by atoms with Gasteiger partial charge in [0.2, 0.25) is 5.91 Å². The number of nitrogens with one attached hydrogen (secondary N) is 1. The number of carbonyl (C=O) groups is 1. The number of carbonyl (C=O) groups excluding carboxylic acids is 1. The molecule has 0 unspecified atom stereocenters. The first-order valence-corrected chi connectivity index (χ1v) is 6.24. The maximum atomic E-state index is 11.4. The van der Waals surface area contributed by atoms with E-state index in [1.54, 1.807) is 12.1 Å². The van der Waals surface area contributed by atoms with E-state index in [0.717, 1.165) is 0 Å². The Morgan fingerprint density at radius 3 is 2.69 bits per heavy atom. The number of anilines is 1. The van der Waals surface area contributed by atoms with E-state index in [2.05, 4.69) is 21.2 Å². The van der Waals surface area contributed by atoms with Gasteiger partial charge in [-0.1, -0.05) is 23.2 Å². The minimum absolute atomic E-state index is 0.120. The summed E-state index contributed by atoms with van der Waals surface area (Å²) >= 11 is 15.1. The Bertz CT molecular complexity index is 399. The van der Waals surface area contributed by atoms with Crippen molar-refractivity contribution in [2.75, 3.05) is 11.9 Å². The van der Waals surface area contributed by atoms with Crippen LogP contribution >= 0.6 is 39.1 Å². The van der Waals surface area contributed by atoms with Gasteiger partial charge in [-0.25, -0.2) is 0 Å². The average molecular weight is 326 g/mol. The summed E-state index contributed by atoms with van der Waals surface area (Å²) in [4.78, 5) is 11.4. The number of amides is 1. The molecule has 1 aromatic rings. The monoisotopic (exact) mass is 324 g/mol. The fourth-order valence-electron chi connectivity index (χ4n) is 1.10. The predicted molar refractivity (Wildman–Crippen MR) is 71.1 cm³/mol. The molecular formula is C10H11BrCl2N2O. The van der Waals surface area contributed by atoms with Crippen LogP contribution in [0.5, 0.6) is 0 Å². The average Bonchev–Trinajstić information content (AvgIpc) is 2.27. The zero-order valence-corrected chi connectivity index (χ0v) is 11.5. The quantitative estimate of drug-likeness (QED) is 0.833. The molecule has 1 amide bonds. The number of nitrogens with two attached hydrogens (primary N) is 1. The third-order valence-electron chi connectivity index (χ3n) is 1.92. The minimum atomic E-state index is -0.120. The van der Waals surface area contributed by atoms with E-state index in [4.69, 9.17) is 28.9 Å². The molecule has 3 nitrogen and oxygen atoms in total. The van der Waals surface area contributed by atoms with Crippen LogP contribution in [0.3, 0.4) is 0 Å². The molecule has 0 aliphatic carbocycles. The molecule has 0 heterocycles. The predicted octanol–water partition coefficient (Wildman–Crippen LogP) is 3.43. The molecule has 6 heteroatoms. The fourth-order valence-corrected chi connectivity index (χ4v) is 1.92. The van der Waals surface area contributed by atoms with E-state index < -0.39 is 0 Å². The maximum Gasteiger partial charge on any atom is 0.224 e. The van der Waals surface area contributed by atoms with E-state index >= 15 is 0 Å². The first-order chi connectivity index (χ1) is 7.56. The summed E-state index contributed by atoms with van der Waals surface area (Å²) in [6.45, 7) is 0.488. The Hall–Kier alpha value is -0.290. The molecular weight excluding hydrogens is 315 g/mol. The van der Waals surface area contributed by atoms with Crippen LogP contribution in [0.4, 0.5) is 5.69 Å². The molecule has 0 aliphatic rings. The highest BCUT2D eigenvalue weighted by Crippen LogP contribution is 2.35. The molecule has 0 radical (unpaired) electrons. The van der Waals surface area contributed by atoms with E-state index in [9.17, 15) is 4.79 Å². The fraction of sp³-hybridized carbons (Fsp3) is 0.300. The van der Waals surface area contributed by atoms with Gasteiger partial charge in [0.1, 0.15) is 0 Å². The summed E-state index contributed by atoms with van der Waals surface area (Å²) in [5.74, 6) is -0.120. The number of halogens is 3. The van der Waals surface area contributed by atoms with Crippen LogP contribution < -0.4 is 11.1 Å². The summed E-state index contributed by atoms with van der Waals surface area (Å²) in [6, 6.07) is 3.42. The highest BCUT2D eigenvalue weighted by Gasteiger charge is 2.10. The smallest absolute Gasteiger partial charge is 0.224 e. The van der Waals surface area contributed by atoms with Crippen molar-refractivity contribution in [3.05, 3.63) is 26.7 Å². The van der Waals surface area contributed by atoms with Crippen LogP contribution in [0.25, 0.3) is 0 Å². The molecule has 0 aromatic heterocycles. The van der Waals surface area contributed by atoms with Crippen LogP contribution in [0, 0.1) is 0 Å². The normalized spacial score (nSPS) is 10.2. The van der Waals surface area contributed by atoms with E-state index in [1.807, 2.05) is 0 Å². The lowest BCUT2D eigenvalue weighted by Crippen LogP contribution is -2.13. The molecule has 16 heavy (non-hydrogen) atoms. The molecule has 0 atom stereocenters. The van der Waals surface area contributed by atoms with Crippen LogP contribution in [0.15, 0.2) is 16.6 Å². The first kappa shape index (κ1) is 13.8. The number of hydrogen-bond acceptors (Lipinski definition) is 2. The Balaban J connectivity index is 2.74. The van der Waals surface area contributed by atoms with Gasteiger partial charge < -0.3 is 11.1 Å². The lowest BCUT2D eigenvalue weighted by Gasteiger charge is -2.08. The summed E-state index contributed by atoms with van der Waals surface area (Å²) in [7, 11) is 0. The summed E-state index contributed by atoms with van der Waals surface area (Å²) in [5, 5.41) is 3.40. The van der Waals surface area contributed by atoms with Gasteiger partial charge in [0.25, 0.3) is 0 Å². The molecule has 0 saturated heterocycles. The molecule has 0 aliphatic heterocycles. The van der Waals surface area contributed by atoms with Crippen molar-refractivity contribution < 1.29 is 4.79 Å². The van der Waals surface area contributed by atoms with Crippen molar-refractivity contribution in [1.82, 2.24) is 0 Å². The third-order valence-corrected chi connectivity index (χ3v) is 3.69. The molecule has 1 rings (SSSR count). The Morgan fingerprint density at radius 1 is 1.38 bits per heavy atom. The van der Waals surface area contributed by atoms with Crippen LogP contribution in [-0.2, 0) is 4.79 Å². The third kappa shape index (κ3) is 3.63. The maximum absolute atomic E-state index is 11.4. The Kier molecular flexibility index (Phi) is 5.55. The molecule has 3 N–H and O–H groups in total. The largest absolute Gasteiger partial charge is 0.330 e. The lowest BCUT2D eigenvalue weighted by molar-refractivity contribution is -0.116. The molecule has 0 bridgehead atoms. The Labute approximate surface area is 112 Å². The standard InChI is InChI=1S/C10H11BrCl2N2O/c11-6-3-4-7(10(13)9(6)12)15-8(16)2-1-5-14/h3-4H,1-2,5,14H2,(H,15,16). The van der Waals surface area contributed by atoms with E-state index in [1.165, 1.54) is 0 Å². The summed E-state index contributed by atoms with van der Waals surface area (Å²) < 4.78 is 0.694. The second-order valence-electron chi connectivity index (χ2n) is 3.16. The summed E-state index contributed by atoms with van der Waals surface area (Å²) in [5.41, 5.74) is 5.82. The zero-order chi connectivity index (χ0) is 12.1. The van der Waals surface area contributed by atoms with Crippen molar-refractivity contribution in [2.24, 2.45) is 5.73 Å².